The van der Waals surface area contributed by atoms with E-state index in [1.807, 2.05) is 0 Å². The number of carbonyl (C=O) groups is 3. The lowest BCUT2D eigenvalue weighted by Gasteiger charge is -2.37. The molecular formula is C13H21NO6. The van der Waals surface area contributed by atoms with Crippen molar-refractivity contribution in [2.45, 2.75) is 43.7 Å². The van der Waals surface area contributed by atoms with Gasteiger partial charge in [0.25, 0.3) is 0 Å². The number of esters is 2. The van der Waals surface area contributed by atoms with Crippen molar-refractivity contribution in [2.75, 3.05) is 21.3 Å². The van der Waals surface area contributed by atoms with E-state index in [4.69, 9.17) is 9.47 Å². The third-order valence-corrected chi connectivity index (χ3v) is 3.61. The van der Waals surface area contributed by atoms with E-state index >= 15 is 0 Å². The molecule has 0 bridgehead atoms. The molecule has 1 N–H and O–H groups in total. The monoisotopic (exact) mass is 287 g/mol. The van der Waals surface area contributed by atoms with Gasteiger partial charge in [-0.15, -0.1) is 0 Å². The van der Waals surface area contributed by atoms with Crippen LogP contribution in [0.15, 0.2) is 0 Å². The summed E-state index contributed by atoms with van der Waals surface area (Å²) in [6, 6.07) is 0. The summed E-state index contributed by atoms with van der Waals surface area (Å²) in [6.07, 6.45) is 1.79. The van der Waals surface area contributed by atoms with Gasteiger partial charge in [-0.1, -0.05) is 0 Å². The lowest BCUT2D eigenvalue weighted by atomic mass is 9.80. The highest BCUT2D eigenvalue weighted by Gasteiger charge is 2.44. The SMILES string of the molecule is COC(=O)CC(=O)N[C@]1(C(=O)OC)CC[C@H](OC)CC1. The van der Waals surface area contributed by atoms with E-state index in [2.05, 4.69) is 10.1 Å². The van der Waals surface area contributed by atoms with Crippen molar-refractivity contribution in [3.05, 3.63) is 0 Å². The van der Waals surface area contributed by atoms with E-state index in [-0.39, 0.29) is 6.10 Å². The van der Waals surface area contributed by atoms with Crippen molar-refractivity contribution in [3.63, 3.8) is 0 Å². The molecule has 20 heavy (non-hydrogen) atoms. The summed E-state index contributed by atoms with van der Waals surface area (Å²) in [5.41, 5.74) is -1.07. The fraction of sp³-hybridized carbons (Fsp3) is 0.769. The van der Waals surface area contributed by atoms with Crippen LogP contribution in [0.3, 0.4) is 0 Å². The van der Waals surface area contributed by atoms with Crippen molar-refractivity contribution in [3.8, 4) is 0 Å². The minimum atomic E-state index is -1.07. The van der Waals surface area contributed by atoms with Crippen LogP contribution in [0.5, 0.6) is 0 Å². The van der Waals surface area contributed by atoms with Crippen molar-refractivity contribution in [1.82, 2.24) is 5.32 Å². The van der Waals surface area contributed by atoms with E-state index in [1.54, 1.807) is 7.11 Å². The number of rotatable bonds is 5. The summed E-state index contributed by atoms with van der Waals surface area (Å²) in [5.74, 6) is -1.68. The Morgan fingerprint density at radius 1 is 1.10 bits per heavy atom. The van der Waals surface area contributed by atoms with E-state index in [9.17, 15) is 14.4 Å². The summed E-state index contributed by atoms with van der Waals surface area (Å²) < 4.78 is 14.5. The van der Waals surface area contributed by atoms with Crippen LogP contribution in [-0.2, 0) is 28.6 Å². The molecule has 0 radical (unpaired) electrons. The minimum absolute atomic E-state index is 0.0743. The molecule has 1 fully saturated rings. The molecule has 7 heteroatoms. The second-order valence-electron chi connectivity index (χ2n) is 4.81. The third-order valence-electron chi connectivity index (χ3n) is 3.61. The first kappa shape index (κ1) is 16.4. The predicted molar refractivity (Wildman–Crippen MR) is 68.8 cm³/mol. The maximum atomic E-state index is 12.0. The molecule has 0 heterocycles. The van der Waals surface area contributed by atoms with Crippen LogP contribution in [0.4, 0.5) is 0 Å². The molecule has 1 saturated carbocycles. The van der Waals surface area contributed by atoms with Crippen molar-refractivity contribution in [2.24, 2.45) is 0 Å². The smallest absolute Gasteiger partial charge is 0.331 e. The van der Waals surface area contributed by atoms with Gasteiger partial charge in [-0.25, -0.2) is 4.79 Å². The second kappa shape index (κ2) is 7.23. The molecule has 1 amide bonds. The highest BCUT2D eigenvalue weighted by atomic mass is 16.5. The molecule has 0 aromatic rings. The molecule has 0 aromatic carbocycles. The Hall–Kier alpha value is -1.63. The molecule has 1 aliphatic carbocycles. The van der Waals surface area contributed by atoms with Crippen molar-refractivity contribution in [1.29, 1.82) is 0 Å². The van der Waals surface area contributed by atoms with Gasteiger partial charge in [-0.05, 0) is 25.7 Å². The van der Waals surface area contributed by atoms with E-state index < -0.39 is 29.8 Å². The van der Waals surface area contributed by atoms with Crippen LogP contribution >= 0.6 is 0 Å². The quantitative estimate of drug-likeness (QED) is 0.572. The van der Waals surface area contributed by atoms with Crippen LogP contribution in [0.2, 0.25) is 0 Å². The van der Waals surface area contributed by atoms with Gasteiger partial charge >= 0.3 is 11.9 Å². The Morgan fingerprint density at radius 2 is 1.70 bits per heavy atom. The highest BCUT2D eigenvalue weighted by molar-refractivity contribution is 5.97. The first-order chi connectivity index (χ1) is 9.47. The van der Waals surface area contributed by atoms with Crippen LogP contribution in [0.1, 0.15) is 32.1 Å². The first-order valence-electron chi connectivity index (χ1n) is 6.46. The standard InChI is InChI=1S/C13H21NO6/c1-18-9-4-6-13(7-5-9,12(17)20-3)14-10(15)8-11(16)19-2/h9H,4-8H2,1-3H3,(H,14,15)/t9-,13+. The predicted octanol–water partition coefficient (Wildman–Crippen LogP) is 0.167. The Bertz CT molecular complexity index is 373. The molecule has 0 spiro atoms. The third kappa shape index (κ3) is 3.93. The van der Waals surface area contributed by atoms with E-state index in [1.165, 1.54) is 14.2 Å². The van der Waals surface area contributed by atoms with Gasteiger partial charge in [0.05, 0.1) is 20.3 Å². The number of nitrogens with one attached hydrogen (secondary N) is 1. The maximum Gasteiger partial charge on any atom is 0.331 e. The molecular weight excluding hydrogens is 266 g/mol. The van der Waals surface area contributed by atoms with Gasteiger partial charge in [0.2, 0.25) is 5.91 Å². The van der Waals surface area contributed by atoms with Gasteiger partial charge in [-0.2, -0.15) is 0 Å². The van der Waals surface area contributed by atoms with Crippen molar-refractivity contribution < 1.29 is 28.6 Å². The lowest BCUT2D eigenvalue weighted by molar-refractivity contribution is -0.155. The van der Waals surface area contributed by atoms with Crippen LogP contribution < -0.4 is 5.32 Å². The lowest BCUT2D eigenvalue weighted by Crippen LogP contribution is -2.57. The zero-order chi connectivity index (χ0) is 15.2. The maximum absolute atomic E-state index is 12.0. The normalized spacial score (nSPS) is 25.6. The molecule has 0 atom stereocenters. The minimum Gasteiger partial charge on any atom is -0.469 e. The average Bonchev–Trinajstić information content (AvgIpc) is 2.46. The van der Waals surface area contributed by atoms with E-state index in [0.29, 0.717) is 25.7 Å². The van der Waals surface area contributed by atoms with Crippen LogP contribution in [0.25, 0.3) is 0 Å². The average molecular weight is 287 g/mol. The molecule has 7 nitrogen and oxygen atoms in total. The molecule has 0 unspecified atom stereocenters. The van der Waals surface area contributed by atoms with Crippen LogP contribution in [0, 0.1) is 0 Å². The van der Waals surface area contributed by atoms with Gasteiger partial charge in [-0.3, -0.25) is 9.59 Å². The Kier molecular flexibility index (Phi) is 5.94. The largest absolute Gasteiger partial charge is 0.469 e. The Labute approximate surface area is 117 Å². The molecule has 0 saturated heterocycles. The van der Waals surface area contributed by atoms with Gasteiger partial charge in [0, 0.05) is 7.11 Å². The number of carbonyl (C=O) groups excluding carboxylic acids is 3. The molecule has 1 rings (SSSR count). The summed E-state index contributed by atoms with van der Waals surface area (Å²) >= 11 is 0. The molecule has 0 aliphatic heterocycles. The number of methoxy groups -OCH3 is 3. The van der Waals surface area contributed by atoms with Crippen molar-refractivity contribution >= 4 is 17.8 Å². The van der Waals surface area contributed by atoms with Gasteiger partial charge in [0.15, 0.2) is 0 Å². The zero-order valence-corrected chi connectivity index (χ0v) is 12.1. The summed E-state index contributed by atoms with van der Waals surface area (Å²) in [4.78, 5) is 34.9. The highest BCUT2D eigenvalue weighted by Crippen LogP contribution is 2.31. The molecule has 114 valence electrons. The molecule has 1 aliphatic rings. The van der Waals surface area contributed by atoms with E-state index in [0.717, 1.165) is 0 Å². The zero-order valence-electron chi connectivity index (χ0n) is 12.1. The topological polar surface area (TPSA) is 90.9 Å². The Morgan fingerprint density at radius 3 is 2.15 bits per heavy atom. The van der Waals surface area contributed by atoms with Crippen LogP contribution in [-0.4, -0.2) is 50.8 Å². The number of hydrogen-bond acceptors (Lipinski definition) is 6. The number of ether oxygens (including phenoxy) is 3. The second-order valence-corrected chi connectivity index (χ2v) is 4.81. The number of hydrogen-bond donors (Lipinski definition) is 1. The van der Waals surface area contributed by atoms with Gasteiger partial charge in [0.1, 0.15) is 12.0 Å². The van der Waals surface area contributed by atoms with Gasteiger partial charge < -0.3 is 19.5 Å². The fourth-order valence-corrected chi connectivity index (χ4v) is 2.41. The summed E-state index contributed by atoms with van der Waals surface area (Å²) in [5, 5.41) is 2.62. The summed E-state index contributed by atoms with van der Waals surface area (Å²) in [7, 11) is 4.10. The Balaban J connectivity index is 2.73. The molecule has 0 aromatic heterocycles. The summed E-state index contributed by atoms with van der Waals surface area (Å²) in [6.45, 7) is 0. The fourth-order valence-electron chi connectivity index (χ4n) is 2.41. The number of amides is 1. The first-order valence-corrected chi connectivity index (χ1v) is 6.46.